The van der Waals surface area contributed by atoms with Crippen LogP contribution in [0.2, 0.25) is 5.15 Å². The maximum Gasteiger partial charge on any atom is 0.251 e. The molecule has 19 heavy (non-hydrogen) atoms. The molecule has 1 aromatic heterocycles. The van der Waals surface area contributed by atoms with Gasteiger partial charge in [0.2, 0.25) is 0 Å². The van der Waals surface area contributed by atoms with Crippen LogP contribution in [-0.2, 0) is 0 Å². The zero-order valence-electron chi connectivity index (χ0n) is 11.3. The van der Waals surface area contributed by atoms with Crippen LogP contribution in [0.3, 0.4) is 0 Å². The molecule has 104 valence electrons. The van der Waals surface area contributed by atoms with Gasteiger partial charge in [-0.3, -0.25) is 4.79 Å². The Balaban J connectivity index is 2.01. The average Bonchev–Trinajstić information content (AvgIpc) is 2.88. The lowest BCUT2D eigenvalue weighted by Gasteiger charge is -2.12. The summed E-state index contributed by atoms with van der Waals surface area (Å²) in [5, 5.41) is 3.38. The molecule has 1 atom stereocenters. The van der Waals surface area contributed by atoms with Crippen molar-refractivity contribution >= 4 is 29.3 Å². The Labute approximate surface area is 123 Å². The van der Waals surface area contributed by atoms with E-state index in [4.69, 9.17) is 11.6 Å². The van der Waals surface area contributed by atoms with Crippen molar-refractivity contribution in [2.75, 3.05) is 18.1 Å². The van der Waals surface area contributed by atoms with Crippen LogP contribution in [0.15, 0.2) is 12.1 Å². The fraction of sp³-hybridized carbons (Fsp3) is 0.571. The Morgan fingerprint density at radius 1 is 1.58 bits per heavy atom. The molecule has 1 unspecified atom stereocenters. The number of carbonyl (C=O) groups is 1. The summed E-state index contributed by atoms with van der Waals surface area (Å²) in [6.07, 6.45) is 1.19. The number of nitrogens with zero attached hydrogens (tertiary/aromatic N) is 1. The van der Waals surface area contributed by atoms with E-state index in [1.165, 1.54) is 12.2 Å². The minimum Gasteiger partial charge on any atom is -0.352 e. The first-order valence-corrected chi connectivity index (χ1v) is 8.13. The van der Waals surface area contributed by atoms with Crippen molar-refractivity contribution in [1.82, 2.24) is 10.3 Å². The van der Waals surface area contributed by atoms with Gasteiger partial charge in [0.15, 0.2) is 0 Å². The third-order valence-electron chi connectivity index (χ3n) is 3.24. The molecule has 0 saturated carbocycles. The molecule has 1 N–H and O–H groups in total. The van der Waals surface area contributed by atoms with Crippen LogP contribution in [0.5, 0.6) is 0 Å². The normalized spacial score (nSPS) is 18.8. The number of nitrogens with one attached hydrogen (secondary N) is 1. The van der Waals surface area contributed by atoms with Crippen molar-refractivity contribution in [3.8, 4) is 0 Å². The molecule has 0 aliphatic carbocycles. The summed E-state index contributed by atoms with van der Waals surface area (Å²) in [5.41, 5.74) is 1.46. The zero-order valence-corrected chi connectivity index (χ0v) is 12.9. The number of thioether (sulfide) groups is 1. The lowest BCUT2D eigenvalue weighted by atomic mass is 10.1. The fourth-order valence-electron chi connectivity index (χ4n) is 2.03. The van der Waals surface area contributed by atoms with Gasteiger partial charge in [-0.1, -0.05) is 25.4 Å². The van der Waals surface area contributed by atoms with Gasteiger partial charge < -0.3 is 5.32 Å². The molecule has 1 amide bonds. The molecule has 0 aromatic carbocycles. The molecule has 1 saturated heterocycles. The molecular weight excluding hydrogens is 280 g/mol. The number of hydrogen-bond acceptors (Lipinski definition) is 3. The largest absolute Gasteiger partial charge is 0.352 e. The van der Waals surface area contributed by atoms with E-state index >= 15 is 0 Å². The van der Waals surface area contributed by atoms with Crippen LogP contribution in [0, 0.1) is 5.92 Å². The van der Waals surface area contributed by atoms with E-state index < -0.39 is 0 Å². The van der Waals surface area contributed by atoms with Gasteiger partial charge in [0.05, 0.1) is 0 Å². The summed E-state index contributed by atoms with van der Waals surface area (Å²) in [4.78, 5) is 16.4. The van der Waals surface area contributed by atoms with Crippen molar-refractivity contribution in [1.29, 1.82) is 0 Å². The van der Waals surface area contributed by atoms with Crippen molar-refractivity contribution in [3.63, 3.8) is 0 Å². The highest BCUT2D eigenvalue weighted by Crippen LogP contribution is 2.23. The van der Waals surface area contributed by atoms with Crippen LogP contribution < -0.4 is 5.32 Å². The number of hydrogen-bond donors (Lipinski definition) is 1. The molecule has 0 bridgehead atoms. The summed E-state index contributed by atoms with van der Waals surface area (Å²) < 4.78 is 0. The lowest BCUT2D eigenvalue weighted by Crippen LogP contribution is -2.29. The second-order valence-electron chi connectivity index (χ2n) is 5.20. The highest BCUT2D eigenvalue weighted by Gasteiger charge is 2.17. The van der Waals surface area contributed by atoms with Gasteiger partial charge in [0, 0.05) is 17.8 Å². The van der Waals surface area contributed by atoms with Gasteiger partial charge >= 0.3 is 0 Å². The van der Waals surface area contributed by atoms with Crippen molar-refractivity contribution < 1.29 is 4.79 Å². The minimum absolute atomic E-state index is 0.0527. The molecule has 2 rings (SSSR count). The molecular formula is C14H19ClN2OS. The van der Waals surface area contributed by atoms with Crippen LogP contribution in [0.4, 0.5) is 0 Å². The monoisotopic (exact) mass is 298 g/mol. The number of pyridine rings is 1. The predicted molar refractivity (Wildman–Crippen MR) is 81.1 cm³/mol. The van der Waals surface area contributed by atoms with Gasteiger partial charge in [-0.25, -0.2) is 4.98 Å². The SMILES string of the molecule is CC(C)c1cc(C(=O)NCC2CCSC2)cc(Cl)n1. The molecule has 1 aliphatic rings. The minimum atomic E-state index is -0.0527. The van der Waals surface area contributed by atoms with E-state index in [-0.39, 0.29) is 11.8 Å². The van der Waals surface area contributed by atoms with Gasteiger partial charge in [0.1, 0.15) is 5.15 Å². The highest BCUT2D eigenvalue weighted by atomic mass is 35.5. The topological polar surface area (TPSA) is 42.0 Å². The van der Waals surface area contributed by atoms with E-state index in [1.807, 2.05) is 31.7 Å². The standard InChI is InChI=1S/C14H19ClN2OS/c1-9(2)12-5-11(6-13(15)17-12)14(18)16-7-10-3-4-19-8-10/h5-6,9-10H,3-4,7-8H2,1-2H3,(H,16,18). The first-order chi connectivity index (χ1) is 9.06. The number of amides is 1. The molecule has 1 aliphatic heterocycles. The van der Waals surface area contributed by atoms with Crippen molar-refractivity contribution in [2.24, 2.45) is 5.92 Å². The first kappa shape index (κ1) is 14.7. The van der Waals surface area contributed by atoms with E-state index in [2.05, 4.69) is 10.3 Å². The maximum absolute atomic E-state index is 12.1. The third kappa shape index (κ3) is 4.11. The number of halogens is 1. The summed E-state index contributed by atoms with van der Waals surface area (Å²) in [5.74, 6) is 3.17. The van der Waals surface area contributed by atoms with E-state index in [0.29, 0.717) is 16.6 Å². The Morgan fingerprint density at radius 2 is 2.37 bits per heavy atom. The molecule has 1 fully saturated rings. The average molecular weight is 299 g/mol. The van der Waals surface area contributed by atoms with E-state index in [0.717, 1.165) is 18.0 Å². The summed E-state index contributed by atoms with van der Waals surface area (Å²) >= 11 is 7.93. The maximum atomic E-state index is 12.1. The van der Waals surface area contributed by atoms with E-state index in [9.17, 15) is 4.79 Å². The summed E-state index contributed by atoms with van der Waals surface area (Å²) in [6, 6.07) is 3.46. The van der Waals surface area contributed by atoms with Crippen LogP contribution in [0.1, 0.15) is 42.2 Å². The Morgan fingerprint density at radius 3 is 3.00 bits per heavy atom. The molecule has 0 radical (unpaired) electrons. The third-order valence-corrected chi connectivity index (χ3v) is 4.67. The number of aromatic nitrogens is 1. The van der Waals surface area contributed by atoms with Crippen LogP contribution in [0.25, 0.3) is 0 Å². The first-order valence-electron chi connectivity index (χ1n) is 6.59. The molecule has 1 aromatic rings. The highest BCUT2D eigenvalue weighted by molar-refractivity contribution is 7.99. The number of carbonyl (C=O) groups excluding carboxylic acids is 1. The van der Waals surface area contributed by atoms with Crippen LogP contribution >= 0.6 is 23.4 Å². The predicted octanol–water partition coefficient (Wildman–Crippen LogP) is 3.34. The number of rotatable bonds is 4. The Bertz CT molecular complexity index is 459. The van der Waals surface area contributed by atoms with Gasteiger partial charge in [-0.05, 0) is 41.9 Å². The second-order valence-corrected chi connectivity index (χ2v) is 6.73. The summed E-state index contributed by atoms with van der Waals surface area (Å²) in [7, 11) is 0. The fourth-order valence-corrected chi connectivity index (χ4v) is 3.53. The Hall–Kier alpha value is -0.740. The van der Waals surface area contributed by atoms with Gasteiger partial charge in [0.25, 0.3) is 5.91 Å². The lowest BCUT2D eigenvalue weighted by molar-refractivity contribution is 0.0948. The zero-order chi connectivity index (χ0) is 13.8. The quantitative estimate of drug-likeness (QED) is 0.867. The van der Waals surface area contributed by atoms with Gasteiger partial charge in [-0.15, -0.1) is 0 Å². The van der Waals surface area contributed by atoms with Gasteiger partial charge in [-0.2, -0.15) is 11.8 Å². The molecule has 5 heteroatoms. The second kappa shape index (κ2) is 6.62. The Kier molecular flexibility index (Phi) is 5.11. The summed E-state index contributed by atoms with van der Waals surface area (Å²) in [6.45, 7) is 4.83. The molecule has 0 spiro atoms. The van der Waals surface area contributed by atoms with Crippen LogP contribution in [-0.4, -0.2) is 28.9 Å². The van der Waals surface area contributed by atoms with Crippen molar-refractivity contribution in [3.05, 3.63) is 28.5 Å². The smallest absolute Gasteiger partial charge is 0.251 e. The molecule has 3 nitrogen and oxygen atoms in total. The molecule has 2 heterocycles. The van der Waals surface area contributed by atoms with Crippen molar-refractivity contribution in [2.45, 2.75) is 26.2 Å². The van der Waals surface area contributed by atoms with E-state index in [1.54, 1.807) is 6.07 Å².